The minimum Gasteiger partial charge on any atom is -0.496 e. The standard InChI is InChI=1S/C18H20N2O3/c1-18(2,3)23-15-7-5-6-14(22-4)16(15)11-8-9-12-13(10-11)20-17(21)19-12/h5-10H,1-4H3,(H2,19,20,21). The van der Waals surface area contributed by atoms with Crippen molar-refractivity contribution >= 4 is 11.0 Å². The number of methoxy groups -OCH3 is 1. The Kier molecular flexibility index (Phi) is 3.64. The highest BCUT2D eigenvalue weighted by Crippen LogP contribution is 2.40. The molecule has 23 heavy (non-hydrogen) atoms. The molecule has 3 aromatic rings. The topological polar surface area (TPSA) is 67.1 Å². The lowest BCUT2D eigenvalue weighted by atomic mass is 10.0. The van der Waals surface area contributed by atoms with E-state index in [9.17, 15) is 4.79 Å². The monoisotopic (exact) mass is 312 g/mol. The van der Waals surface area contributed by atoms with Crippen LogP contribution in [0, 0.1) is 0 Å². The molecular formula is C18H20N2O3. The molecule has 0 spiro atoms. The van der Waals surface area contributed by atoms with Gasteiger partial charge in [0, 0.05) is 0 Å². The first-order valence-corrected chi connectivity index (χ1v) is 7.46. The lowest BCUT2D eigenvalue weighted by Crippen LogP contribution is -2.23. The molecule has 0 unspecified atom stereocenters. The molecule has 0 aliphatic rings. The van der Waals surface area contributed by atoms with Gasteiger partial charge >= 0.3 is 5.69 Å². The summed E-state index contributed by atoms with van der Waals surface area (Å²) in [6.45, 7) is 6.01. The Hall–Kier alpha value is -2.69. The molecule has 0 amide bonds. The molecule has 0 atom stereocenters. The van der Waals surface area contributed by atoms with Crippen molar-refractivity contribution in [2.45, 2.75) is 26.4 Å². The van der Waals surface area contributed by atoms with Crippen molar-refractivity contribution in [3.8, 4) is 22.6 Å². The summed E-state index contributed by atoms with van der Waals surface area (Å²) >= 11 is 0. The average molecular weight is 312 g/mol. The summed E-state index contributed by atoms with van der Waals surface area (Å²) in [4.78, 5) is 17.0. The summed E-state index contributed by atoms with van der Waals surface area (Å²) in [7, 11) is 1.64. The zero-order valence-electron chi connectivity index (χ0n) is 13.7. The predicted molar refractivity (Wildman–Crippen MR) is 91.3 cm³/mol. The Morgan fingerprint density at radius 3 is 2.35 bits per heavy atom. The van der Waals surface area contributed by atoms with Gasteiger partial charge in [-0.3, -0.25) is 0 Å². The molecule has 2 aromatic carbocycles. The molecule has 120 valence electrons. The van der Waals surface area contributed by atoms with Gasteiger partial charge in [0.1, 0.15) is 17.1 Å². The van der Waals surface area contributed by atoms with E-state index < -0.39 is 0 Å². The molecule has 2 N–H and O–H groups in total. The number of rotatable bonds is 3. The van der Waals surface area contributed by atoms with Crippen molar-refractivity contribution < 1.29 is 9.47 Å². The number of hydrogen-bond acceptors (Lipinski definition) is 3. The molecular weight excluding hydrogens is 292 g/mol. The molecule has 0 aliphatic heterocycles. The third-order valence-electron chi connectivity index (χ3n) is 3.43. The van der Waals surface area contributed by atoms with Gasteiger partial charge < -0.3 is 19.4 Å². The second-order valence-corrected chi connectivity index (χ2v) is 6.39. The smallest absolute Gasteiger partial charge is 0.323 e. The van der Waals surface area contributed by atoms with E-state index in [1.54, 1.807) is 7.11 Å². The van der Waals surface area contributed by atoms with Crippen LogP contribution in [0.15, 0.2) is 41.2 Å². The van der Waals surface area contributed by atoms with E-state index >= 15 is 0 Å². The summed E-state index contributed by atoms with van der Waals surface area (Å²) < 4.78 is 11.6. The number of ether oxygens (including phenoxy) is 2. The Bertz CT molecular complexity index is 901. The van der Waals surface area contributed by atoms with Crippen molar-refractivity contribution in [3.05, 3.63) is 46.9 Å². The highest BCUT2D eigenvalue weighted by Gasteiger charge is 2.19. The molecule has 0 bridgehead atoms. The molecule has 0 aliphatic carbocycles. The number of hydrogen-bond donors (Lipinski definition) is 2. The third kappa shape index (κ3) is 3.08. The summed E-state index contributed by atoms with van der Waals surface area (Å²) in [5, 5.41) is 0. The molecule has 1 heterocycles. The molecule has 5 nitrogen and oxygen atoms in total. The Balaban J connectivity index is 2.20. The largest absolute Gasteiger partial charge is 0.496 e. The minimum absolute atomic E-state index is 0.219. The van der Waals surface area contributed by atoms with Gasteiger partial charge in [-0.25, -0.2) is 4.79 Å². The summed E-state index contributed by atoms with van der Waals surface area (Å²) in [5.41, 5.74) is 2.77. The highest BCUT2D eigenvalue weighted by atomic mass is 16.5. The molecule has 0 saturated heterocycles. The second-order valence-electron chi connectivity index (χ2n) is 6.39. The molecule has 5 heteroatoms. The van der Waals surface area contributed by atoms with Crippen LogP contribution >= 0.6 is 0 Å². The van der Waals surface area contributed by atoms with Gasteiger partial charge in [-0.1, -0.05) is 12.1 Å². The van der Waals surface area contributed by atoms with E-state index in [1.165, 1.54) is 0 Å². The average Bonchev–Trinajstić information content (AvgIpc) is 2.84. The van der Waals surface area contributed by atoms with Gasteiger partial charge in [-0.15, -0.1) is 0 Å². The zero-order chi connectivity index (χ0) is 16.6. The maximum atomic E-state index is 11.5. The van der Waals surface area contributed by atoms with Crippen LogP contribution in [0.1, 0.15) is 20.8 Å². The molecule has 3 rings (SSSR count). The van der Waals surface area contributed by atoms with Crippen LogP contribution in [0.5, 0.6) is 11.5 Å². The van der Waals surface area contributed by atoms with Crippen LogP contribution in [0.3, 0.4) is 0 Å². The van der Waals surface area contributed by atoms with E-state index in [4.69, 9.17) is 9.47 Å². The zero-order valence-corrected chi connectivity index (χ0v) is 13.7. The first-order valence-electron chi connectivity index (χ1n) is 7.46. The van der Waals surface area contributed by atoms with E-state index in [2.05, 4.69) is 9.97 Å². The van der Waals surface area contributed by atoms with Gasteiger partial charge in [0.15, 0.2) is 0 Å². The first kappa shape index (κ1) is 15.2. The van der Waals surface area contributed by atoms with Gasteiger partial charge in [-0.05, 0) is 50.6 Å². The van der Waals surface area contributed by atoms with E-state index in [0.29, 0.717) is 0 Å². The van der Waals surface area contributed by atoms with Crippen LogP contribution in [0.2, 0.25) is 0 Å². The quantitative estimate of drug-likeness (QED) is 0.774. The number of aromatic nitrogens is 2. The fourth-order valence-electron chi connectivity index (χ4n) is 2.57. The first-order chi connectivity index (χ1) is 10.9. The number of imidazole rings is 1. The van der Waals surface area contributed by atoms with Gasteiger partial charge in [0.05, 0.1) is 23.7 Å². The van der Waals surface area contributed by atoms with Crippen molar-refractivity contribution in [3.63, 3.8) is 0 Å². The molecule has 0 fully saturated rings. The van der Waals surface area contributed by atoms with Crippen molar-refractivity contribution in [1.82, 2.24) is 9.97 Å². The number of H-pyrrole nitrogens is 2. The molecule has 0 saturated carbocycles. The van der Waals surface area contributed by atoms with Gasteiger partial charge in [-0.2, -0.15) is 0 Å². The number of fused-ring (bicyclic) bond motifs is 1. The van der Waals surface area contributed by atoms with Crippen LogP contribution in [0.4, 0.5) is 0 Å². The van der Waals surface area contributed by atoms with Crippen molar-refractivity contribution in [2.75, 3.05) is 7.11 Å². The van der Waals surface area contributed by atoms with Crippen LogP contribution < -0.4 is 15.2 Å². The lowest BCUT2D eigenvalue weighted by molar-refractivity contribution is 0.131. The SMILES string of the molecule is COc1cccc(OC(C)(C)C)c1-c1ccc2[nH]c(=O)[nH]c2c1. The third-order valence-corrected chi connectivity index (χ3v) is 3.43. The molecule has 1 aromatic heterocycles. The minimum atomic E-state index is -0.326. The second kappa shape index (κ2) is 5.50. The number of benzene rings is 2. The van der Waals surface area contributed by atoms with Crippen LogP contribution in [0.25, 0.3) is 22.2 Å². The normalized spacial score (nSPS) is 11.7. The maximum Gasteiger partial charge on any atom is 0.323 e. The molecule has 0 radical (unpaired) electrons. The van der Waals surface area contributed by atoms with Gasteiger partial charge in [0.2, 0.25) is 0 Å². The number of aromatic amines is 2. The van der Waals surface area contributed by atoms with Crippen LogP contribution in [-0.2, 0) is 0 Å². The summed E-state index contributed by atoms with van der Waals surface area (Å²) in [6, 6.07) is 11.5. The maximum absolute atomic E-state index is 11.5. The van der Waals surface area contributed by atoms with E-state index in [1.807, 2.05) is 57.2 Å². The Morgan fingerprint density at radius 1 is 0.957 bits per heavy atom. The van der Waals surface area contributed by atoms with Gasteiger partial charge in [0.25, 0.3) is 0 Å². The summed E-state index contributed by atoms with van der Waals surface area (Å²) in [5.74, 6) is 1.47. The predicted octanol–water partition coefficient (Wildman–Crippen LogP) is 3.71. The fraction of sp³-hybridized carbons (Fsp3) is 0.278. The van der Waals surface area contributed by atoms with E-state index in [0.717, 1.165) is 33.7 Å². The fourth-order valence-corrected chi connectivity index (χ4v) is 2.57. The lowest BCUT2D eigenvalue weighted by Gasteiger charge is -2.24. The Morgan fingerprint density at radius 2 is 1.65 bits per heavy atom. The van der Waals surface area contributed by atoms with Crippen molar-refractivity contribution in [2.24, 2.45) is 0 Å². The highest BCUT2D eigenvalue weighted by molar-refractivity contribution is 5.85. The van der Waals surface area contributed by atoms with Crippen molar-refractivity contribution in [1.29, 1.82) is 0 Å². The number of nitrogens with one attached hydrogen (secondary N) is 2. The summed E-state index contributed by atoms with van der Waals surface area (Å²) in [6.07, 6.45) is 0. The van der Waals surface area contributed by atoms with Crippen LogP contribution in [-0.4, -0.2) is 22.7 Å². The Labute approximate surface area is 134 Å². The van der Waals surface area contributed by atoms with E-state index in [-0.39, 0.29) is 11.3 Å².